The zero-order valence-electron chi connectivity index (χ0n) is 14.1. The van der Waals surface area contributed by atoms with Crippen LogP contribution in [0.2, 0.25) is 0 Å². The molecule has 3 heteroatoms. The number of ether oxygens (including phenoxy) is 2. The van der Waals surface area contributed by atoms with Gasteiger partial charge in [-0.25, -0.2) is 0 Å². The van der Waals surface area contributed by atoms with Gasteiger partial charge < -0.3 is 9.47 Å². The van der Waals surface area contributed by atoms with E-state index in [0.29, 0.717) is 13.2 Å². The summed E-state index contributed by atoms with van der Waals surface area (Å²) in [5, 5.41) is 0. The van der Waals surface area contributed by atoms with E-state index in [2.05, 4.69) is 67.9 Å². The maximum Gasteiger partial charge on any atom is 0.194 e. The fourth-order valence-corrected chi connectivity index (χ4v) is 4.57. The van der Waals surface area contributed by atoms with E-state index >= 15 is 0 Å². The summed E-state index contributed by atoms with van der Waals surface area (Å²) in [5.41, 5.74) is 5.48. The van der Waals surface area contributed by atoms with Gasteiger partial charge in [0.05, 0.1) is 6.42 Å². The van der Waals surface area contributed by atoms with Crippen LogP contribution in [0.5, 0.6) is 0 Å². The van der Waals surface area contributed by atoms with Crippen LogP contribution in [0.4, 0.5) is 0 Å². The molecule has 0 radical (unpaired) electrons. The normalized spacial score (nSPS) is 23.4. The highest BCUT2D eigenvalue weighted by molar-refractivity contribution is 5.47. The molecule has 1 aliphatic carbocycles. The van der Waals surface area contributed by atoms with Crippen LogP contribution in [0.3, 0.4) is 0 Å². The van der Waals surface area contributed by atoms with Gasteiger partial charge in [-0.05, 0) is 31.9 Å². The van der Waals surface area contributed by atoms with Gasteiger partial charge in [-0.1, -0.05) is 24.3 Å². The zero-order chi connectivity index (χ0) is 16.0. The van der Waals surface area contributed by atoms with Crippen molar-refractivity contribution < 1.29 is 14.0 Å². The zero-order valence-corrected chi connectivity index (χ0v) is 14.1. The van der Waals surface area contributed by atoms with Crippen molar-refractivity contribution in [1.29, 1.82) is 0 Å². The number of hydrogen-bond donors (Lipinski definition) is 0. The second-order valence-corrected chi connectivity index (χ2v) is 6.44. The van der Waals surface area contributed by atoms with Crippen LogP contribution >= 0.6 is 0 Å². The molecule has 0 N–H and O–H groups in total. The number of benzene rings is 1. The minimum atomic E-state index is -0.545. The van der Waals surface area contributed by atoms with Gasteiger partial charge in [-0.2, -0.15) is 4.57 Å². The van der Waals surface area contributed by atoms with Crippen LogP contribution in [-0.2, 0) is 9.47 Å². The van der Waals surface area contributed by atoms with Gasteiger partial charge in [0.25, 0.3) is 0 Å². The fraction of sp³-hybridized carbons (Fsp3) is 0.450. The smallest absolute Gasteiger partial charge is 0.194 e. The van der Waals surface area contributed by atoms with E-state index in [4.69, 9.17) is 9.47 Å². The van der Waals surface area contributed by atoms with Crippen molar-refractivity contribution >= 4 is 0 Å². The third-order valence-electron chi connectivity index (χ3n) is 5.25. The lowest BCUT2D eigenvalue weighted by Crippen LogP contribution is -2.62. The molecule has 0 fully saturated rings. The highest BCUT2D eigenvalue weighted by Crippen LogP contribution is 2.53. The summed E-state index contributed by atoms with van der Waals surface area (Å²) in [6.07, 6.45) is 3.07. The van der Waals surface area contributed by atoms with Crippen molar-refractivity contribution in [2.45, 2.75) is 44.9 Å². The first kappa shape index (κ1) is 14.9. The van der Waals surface area contributed by atoms with Gasteiger partial charge in [0.15, 0.2) is 23.7 Å². The average Bonchev–Trinajstić information content (AvgIpc) is 2.55. The maximum absolute atomic E-state index is 6.26. The Labute approximate surface area is 137 Å². The molecule has 5 rings (SSSR count). The molecule has 2 bridgehead atoms. The Kier molecular flexibility index (Phi) is 3.51. The standard InChI is InChI=1S/C20H24NO2/c1-4-22-20(23-5-2)13-17-18-14(3)9-8-10-15(18)19(20)16-11-6-7-12-21(16)17/h6-12,17,19H,4-5,13H2,1-3H3/q+1. The van der Waals surface area contributed by atoms with Gasteiger partial charge in [-0.15, -0.1) is 0 Å². The molecule has 3 aliphatic rings. The van der Waals surface area contributed by atoms with Crippen molar-refractivity contribution in [2.75, 3.05) is 13.2 Å². The summed E-state index contributed by atoms with van der Waals surface area (Å²) in [6, 6.07) is 13.4. The van der Waals surface area contributed by atoms with Crippen LogP contribution in [-0.4, -0.2) is 19.0 Å². The van der Waals surface area contributed by atoms with Gasteiger partial charge in [-0.3, -0.25) is 0 Å². The molecule has 0 spiro atoms. The molecule has 2 atom stereocenters. The molecule has 23 heavy (non-hydrogen) atoms. The Bertz CT molecular complexity index is 734. The van der Waals surface area contributed by atoms with Crippen molar-refractivity contribution in [3.05, 3.63) is 65.0 Å². The Hall–Kier alpha value is -1.71. The maximum atomic E-state index is 6.26. The molecule has 3 nitrogen and oxygen atoms in total. The summed E-state index contributed by atoms with van der Waals surface area (Å²) in [4.78, 5) is 0. The predicted molar refractivity (Wildman–Crippen MR) is 88.4 cm³/mol. The van der Waals surface area contributed by atoms with Crippen LogP contribution in [0.25, 0.3) is 0 Å². The topological polar surface area (TPSA) is 22.3 Å². The number of pyridine rings is 1. The van der Waals surface area contributed by atoms with Crippen LogP contribution in [0.1, 0.15) is 54.6 Å². The molecular weight excluding hydrogens is 286 g/mol. The predicted octanol–water partition coefficient (Wildman–Crippen LogP) is 3.49. The molecule has 3 heterocycles. The second-order valence-electron chi connectivity index (χ2n) is 6.44. The highest BCUT2D eigenvalue weighted by Gasteiger charge is 2.59. The van der Waals surface area contributed by atoms with E-state index in [1.807, 2.05) is 0 Å². The summed E-state index contributed by atoms with van der Waals surface area (Å²) < 4.78 is 14.9. The largest absolute Gasteiger partial charge is 0.349 e. The molecule has 1 aromatic heterocycles. The summed E-state index contributed by atoms with van der Waals surface area (Å²) in [5.74, 6) is -0.417. The second kappa shape index (κ2) is 5.43. The van der Waals surface area contributed by atoms with E-state index in [0.717, 1.165) is 6.42 Å². The molecule has 2 aromatic rings. The van der Waals surface area contributed by atoms with Gasteiger partial charge in [0, 0.05) is 30.9 Å². The lowest BCUT2D eigenvalue weighted by atomic mass is 9.69. The molecule has 1 aromatic carbocycles. The number of rotatable bonds is 4. The Morgan fingerprint density at radius 3 is 2.61 bits per heavy atom. The molecule has 0 saturated carbocycles. The molecule has 120 valence electrons. The summed E-state index contributed by atoms with van der Waals surface area (Å²) >= 11 is 0. The SMILES string of the molecule is CCOC1(OCC)CC2c3c(C)cccc3C1c1cccc[n+]12. The Morgan fingerprint density at radius 2 is 1.87 bits per heavy atom. The molecule has 2 unspecified atom stereocenters. The number of aryl methyl sites for hydroxylation is 1. The fourth-order valence-electron chi connectivity index (χ4n) is 4.57. The first-order chi connectivity index (χ1) is 11.2. The average molecular weight is 310 g/mol. The number of nitrogens with zero attached hydrogens (tertiary/aromatic N) is 1. The van der Waals surface area contributed by atoms with Gasteiger partial charge in [0.1, 0.15) is 5.92 Å². The van der Waals surface area contributed by atoms with E-state index < -0.39 is 5.79 Å². The van der Waals surface area contributed by atoms with Crippen LogP contribution in [0.15, 0.2) is 42.6 Å². The Morgan fingerprint density at radius 1 is 1.09 bits per heavy atom. The van der Waals surface area contributed by atoms with Crippen molar-refractivity contribution in [3.8, 4) is 0 Å². The molecule has 0 saturated heterocycles. The van der Waals surface area contributed by atoms with Crippen molar-refractivity contribution in [1.82, 2.24) is 0 Å². The van der Waals surface area contributed by atoms with Gasteiger partial charge >= 0.3 is 0 Å². The lowest BCUT2D eigenvalue weighted by molar-refractivity contribution is -0.738. The van der Waals surface area contributed by atoms with E-state index in [1.54, 1.807) is 0 Å². The minimum absolute atomic E-state index is 0.128. The molecule has 2 aliphatic heterocycles. The number of aromatic nitrogens is 1. The summed E-state index contributed by atoms with van der Waals surface area (Å²) in [7, 11) is 0. The van der Waals surface area contributed by atoms with Crippen molar-refractivity contribution in [2.24, 2.45) is 0 Å². The molecule has 0 amide bonds. The Balaban J connectivity index is 1.98. The highest BCUT2D eigenvalue weighted by atomic mass is 16.7. The lowest BCUT2D eigenvalue weighted by Gasteiger charge is -2.48. The third-order valence-corrected chi connectivity index (χ3v) is 5.25. The minimum Gasteiger partial charge on any atom is -0.349 e. The van der Waals surface area contributed by atoms with E-state index in [-0.39, 0.29) is 12.0 Å². The number of hydrogen-bond acceptors (Lipinski definition) is 2. The monoisotopic (exact) mass is 310 g/mol. The van der Waals surface area contributed by atoms with Gasteiger partial charge in [0.2, 0.25) is 0 Å². The molecular formula is C20H24NO2+. The van der Waals surface area contributed by atoms with Crippen molar-refractivity contribution in [3.63, 3.8) is 0 Å². The quantitative estimate of drug-likeness (QED) is 0.637. The van der Waals surface area contributed by atoms with E-state index in [9.17, 15) is 0 Å². The van der Waals surface area contributed by atoms with Crippen LogP contribution in [0, 0.1) is 6.92 Å². The van der Waals surface area contributed by atoms with Crippen LogP contribution < -0.4 is 4.57 Å². The first-order valence-electron chi connectivity index (χ1n) is 8.59. The third kappa shape index (κ3) is 2.00. The first-order valence-corrected chi connectivity index (χ1v) is 8.59. The van der Waals surface area contributed by atoms with E-state index in [1.165, 1.54) is 22.4 Å². The summed E-state index contributed by atoms with van der Waals surface area (Å²) in [6.45, 7) is 7.65. The number of fused-ring (bicyclic) bond motifs is 1.